The van der Waals surface area contributed by atoms with E-state index in [1.807, 2.05) is 24.3 Å². The molecular formula is C19H23N5O3. The Labute approximate surface area is 157 Å². The number of carbonyl (C=O) groups excluding carboxylic acids is 2. The zero-order chi connectivity index (χ0) is 19.0. The number of amides is 3. The van der Waals surface area contributed by atoms with Gasteiger partial charge in [0.15, 0.2) is 0 Å². The maximum Gasteiger partial charge on any atom is 0.315 e. The molecule has 27 heavy (non-hydrogen) atoms. The van der Waals surface area contributed by atoms with Crippen molar-refractivity contribution >= 4 is 11.9 Å². The first-order valence-corrected chi connectivity index (χ1v) is 9.14. The molecule has 0 spiro atoms. The molecule has 3 N–H and O–H groups in total. The second-order valence-corrected chi connectivity index (χ2v) is 6.94. The quantitative estimate of drug-likeness (QED) is 0.856. The number of hydrogen-bond donors (Lipinski definition) is 2. The number of benzene rings is 1. The van der Waals surface area contributed by atoms with Crippen LogP contribution in [0, 0.1) is 0 Å². The number of H-pyrrole nitrogens is 1. The molecule has 3 heterocycles. The Hall–Kier alpha value is -3.03. The number of imidazole rings is 1. The second kappa shape index (κ2) is 6.94. The minimum atomic E-state index is -0.523. The topological polar surface area (TPSA) is 105 Å². The van der Waals surface area contributed by atoms with Crippen LogP contribution in [0.1, 0.15) is 24.2 Å². The standard InChI is InChI=1S/C19H23N5O3/c1-27-13-5-2-4-12(10-13)17-21-14-7-9-23(11-15(14)22-17)18(25)16-6-3-8-24(16)19(20)26/h2,4-5,10,16H,3,6-9,11H2,1H3,(H2,20,26)(H,21,22)/t16-/m0/s1. The SMILES string of the molecule is COc1cccc(-c2nc3c([nH]2)CN(C(=O)[C@@H]2CCCN2C(N)=O)CC3)c1. The number of nitrogens with one attached hydrogen (secondary N) is 1. The van der Waals surface area contributed by atoms with Crippen LogP contribution in [0.5, 0.6) is 5.75 Å². The summed E-state index contributed by atoms with van der Waals surface area (Å²) >= 11 is 0. The highest BCUT2D eigenvalue weighted by atomic mass is 16.5. The Bertz CT molecular complexity index is 878. The van der Waals surface area contributed by atoms with Gasteiger partial charge < -0.3 is 25.3 Å². The monoisotopic (exact) mass is 369 g/mol. The van der Waals surface area contributed by atoms with Gasteiger partial charge >= 0.3 is 6.03 Å². The Morgan fingerprint density at radius 1 is 1.33 bits per heavy atom. The predicted molar refractivity (Wildman–Crippen MR) is 99.0 cm³/mol. The number of primary amides is 1. The summed E-state index contributed by atoms with van der Waals surface area (Å²) in [5.74, 6) is 1.51. The Morgan fingerprint density at radius 2 is 2.19 bits per heavy atom. The summed E-state index contributed by atoms with van der Waals surface area (Å²) in [6.07, 6.45) is 2.16. The summed E-state index contributed by atoms with van der Waals surface area (Å²) in [5.41, 5.74) is 8.28. The number of urea groups is 1. The number of aromatic nitrogens is 2. The van der Waals surface area contributed by atoms with E-state index in [-0.39, 0.29) is 5.91 Å². The van der Waals surface area contributed by atoms with Crippen LogP contribution >= 0.6 is 0 Å². The first-order valence-electron chi connectivity index (χ1n) is 9.14. The van der Waals surface area contributed by atoms with Crippen LogP contribution < -0.4 is 10.5 Å². The van der Waals surface area contributed by atoms with Crippen LogP contribution in [0.3, 0.4) is 0 Å². The molecule has 1 saturated heterocycles. The fourth-order valence-corrected chi connectivity index (χ4v) is 3.89. The van der Waals surface area contributed by atoms with E-state index < -0.39 is 12.1 Å². The molecule has 1 atom stereocenters. The van der Waals surface area contributed by atoms with E-state index in [9.17, 15) is 9.59 Å². The van der Waals surface area contributed by atoms with Crippen molar-refractivity contribution in [3.05, 3.63) is 35.7 Å². The summed E-state index contributed by atoms with van der Waals surface area (Å²) in [6, 6.07) is 6.74. The molecular weight excluding hydrogens is 346 g/mol. The molecule has 2 aromatic rings. The molecule has 0 unspecified atom stereocenters. The molecule has 1 aromatic carbocycles. The van der Waals surface area contributed by atoms with Crippen molar-refractivity contribution in [1.82, 2.24) is 19.8 Å². The number of likely N-dealkylation sites (tertiary alicyclic amines) is 1. The van der Waals surface area contributed by atoms with Gasteiger partial charge in [-0.3, -0.25) is 4.79 Å². The molecule has 0 saturated carbocycles. The van der Waals surface area contributed by atoms with E-state index in [0.29, 0.717) is 32.5 Å². The molecule has 1 aromatic heterocycles. The van der Waals surface area contributed by atoms with Crippen molar-refractivity contribution in [2.45, 2.75) is 31.8 Å². The minimum Gasteiger partial charge on any atom is -0.497 e. The van der Waals surface area contributed by atoms with Crippen LogP contribution in [0.4, 0.5) is 4.79 Å². The van der Waals surface area contributed by atoms with E-state index in [4.69, 9.17) is 15.5 Å². The highest BCUT2D eigenvalue weighted by molar-refractivity contribution is 5.87. The third kappa shape index (κ3) is 3.22. The Kier molecular flexibility index (Phi) is 4.47. The first kappa shape index (κ1) is 17.4. The largest absolute Gasteiger partial charge is 0.497 e. The molecule has 8 nitrogen and oxygen atoms in total. The van der Waals surface area contributed by atoms with Gasteiger partial charge in [-0.15, -0.1) is 0 Å². The van der Waals surface area contributed by atoms with Gasteiger partial charge in [-0.2, -0.15) is 0 Å². The van der Waals surface area contributed by atoms with Crippen LogP contribution in [-0.2, 0) is 17.8 Å². The molecule has 142 valence electrons. The molecule has 0 radical (unpaired) electrons. The number of ether oxygens (including phenoxy) is 1. The van der Waals surface area contributed by atoms with Gasteiger partial charge in [0, 0.05) is 25.1 Å². The van der Waals surface area contributed by atoms with Gasteiger partial charge in [0.1, 0.15) is 17.6 Å². The van der Waals surface area contributed by atoms with Crippen molar-refractivity contribution in [1.29, 1.82) is 0 Å². The number of hydrogen-bond acceptors (Lipinski definition) is 4. The van der Waals surface area contributed by atoms with E-state index in [1.54, 1.807) is 12.0 Å². The summed E-state index contributed by atoms with van der Waals surface area (Å²) in [7, 11) is 1.63. The summed E-state index contributed by atoms with van der Waals surface area (Å²) < 4.78 is 5.28. The highest BCUT2D eigenvalue weighted by Crippen LogP contribution is 2.27. The number of nitrogens with two attached hydrogens (primary N) is 1. The smallest absolute Gasteiger partial charge is 0.315 e. The summed E-state index contributed by atoms with van der Waals surface area (Å²) in [6.45, 7) is 1.61. The average molecular weight is 369 g/mol. The maximum absolute atomic E-state index is 12.9. The number of carbonyl (C=O) groups is 2. The number of rotatable bonds is 3. The molecule has 8 heteroatoms. The van der Waals surface area contributed by atoms with Gasteiger partial charge in [0.05, 0.1) is 25.0 Å². The zero-order valence-electron chi connectivity index (χ0n) is 15.3. The van der Waals surface area contributed by atoms with Crippen molar-refractivity contribution in [3.63, 3.8) is 0 Å². The lowest BCUT2D eigenvalue weighted by atomic mass is 10.1. The number of methoxy groups -OCH3 is 1. The molecule has 2 aliphatic rings. The normalized spacial score (nSPS) is 19.1. The van der Waals surface area contributed by atoms with Crippen molar-refractivity contribution in [2.75, 3.05) is 20.2 Å². The fraction of sp³-hybridized carbons (Fsp3) is 0.421. The van der Waals surface area contributed by atoms with Gasteiger partial charge in [-0.1, -0.05) is 12.1 Å². The lowest BCUT2D eigenvalue weighted by Gasteiger charge is -2.31. The van der Waals surface area contributed by atoms with E-state index >= 15 is 0 Å². The summed E-state index contributed by atoms with van der Waals surface area (Å²) in [4.78, 5) is 35.8. The lowest BCUT2D eigenvalue weighted by Crippen LogP contribution is -2.50. The van der Waals surface area contributed by atoms with Crippen LogP contribution in [0.25, 0.3) is 11.4 Å². The minimum absolute atomic E-state index is 0.0329. The molecule has 4 rings (SSSR count). The van der Waals surface area contributed by atoms with E-state index in [2.05, 4.69) is 4.98 Å². The number of fused-ring (bicyclic) bond motifs is 1. The van der Waals surface area contributed by atoms with E-state index in [1.165, 1.54) is 4.90 Å². The Morgan fingerprint density at radius 3 is 2.96 bits per heavy atom. The molecule has 2 aliphatic heterocycles. The zero-order valence-corrected chi connectivity index (χ0v) is 15.3. The second-order valence-electron chi connectivity index (χ2n) is 6.94. The van der Waals surface area contributed by atoms with Crippen molar-refractivity contribution in [2.24, 2.45) is 5.73 Å². The fourth-order valence-electron chi connectivity index (χ4n) is 3.89. The molecule has 0 bridgehead atoms. The van der Waals surface area contributed by atoms with Gasteiger partial charge in [0.25, 0.3) is 0 Å². The summed E-state index contributed by atoms with van der Waals surface area (Å²) in [5, 5.41) is 0. The van der Waals surface area contributed by atoms with Crippen molar-refractivity contribution in [3.8, 4) is 17.1 Å². The van der Waals surface area contributed by atoms with Gasteiger partial charge in [-0.05, 0) is 25.0 Å². The third-order valence-corrected chi connectivity index (χ3v) is 5.31. The van der Waals surface area contributed by atoms with Crippen LogP contribution in [0.15, 0.2) is 24.3 Å². The van der Waals surface area contributed by atoms with E-state index in [0.717, 1.165) is 34.9 Å². The maximum atomic E-state index is 12.9. The first-order chi connectivity index (χ1) is 13.1. The highest BCUT2D eigenvalue weighted by Gasteiger charge is 2.37. The molecule has 0 aliphatic carbocycles. The lowest BCUT2D eigenvalue weighted by molar-refractivity contribution is -0.136. The van der Waals surface area contributed by atoms with Crippen molar-refractivity contribution < 1.29 is 14.3 Å². The third-order valence-electron chi connectivity index (χ3n) is 5.31. The number of nitrogens with zero attached hydrogens (tertiary/aromatic N) is 3. The Balaban J connectivity index is 1.52. The molecule has 3 amide bonds. The molecule has 1 fully saturated rings. The van der Waals surface area contributed by atoms with Gasteiger partial charge in [-0.25, -0.2) is 9.78 Å². The predicted octanol–water partition coefficient (Wildman–Crippen LogP) is 1.51. The average Bonchev–Trinajstić information content (AvgIpc) is 3.34. The van der Waals surface area contributed by atoms with Crippen LogP contribution in [-0.4, -0.2) is 57.9 Å². The van der Waals surface area contributed by atoms with Crippen LogP contribution in [0.2, 0.25) is 0 Å². The van der Waals surface area contributed by atoms with Gasteiger partial charge in [0.2, 0.25) is 5.91 Å². The number of aromatic amines is 1.